The van der Waals surface area contributed by atoms with Crippen molar-refractivity contribution in [3.63, 3.8) is 0 Å². The molecule has 0 aliphatic carbocycles. The number of carbonyl (C=O) groups is 1. The molecule has 1 unspecified atom stereocenters. The van der Waals surface area contributed by atoms with Gasteiger partial charge in [-0.3, -0.25) is 15.1 Å². The van der Waals surface area contributed by atoms with Crippen LogP contribution in [0.25, 0.3) is 0 Å². The fraction of sp³-hybridized carbons (Fsp3) is 0.368. The number of amides is 1. The van der Waals surface area contributed by atoms with Crippen molar-refractivity contribution in [1.82, 2.24) is 10.3 Å². The van der Waals surface area contributed by atoms with Crippen molar-refractivity contribution in [3.05, 3.63) is 52.8 Å². The summed E-state index contributed by atoms with van der Waals surface area (Å²) in [5.74, 6) is -0.399. The smallest absolute Gasteiger partial charge is 0.228 e. The normalized spacial score (nSPS) is 12.8. The van der Waals surface area contributed by atoms with Gasteiger partial charge in [0.2, 0.25) is 5.91 Å². The van der Waals surface area contributed by atoms with Gasteiger partial charge in [0, 0.05) is 34.4 Å². The summed E-state index contributed by atoms with van der Waals surface area (Å²) < 4.78 is 0. The van der Waals surface area contributed by atoms with Crippen molar-refractivity contribution in [2.75, 3.05) is 5.32 Å². The Kier molecular flexibility index (Phi) is 7.34. The van der Waals surface area contributed by atoms with Crippen molar-refractivity contribution in [3.8, 4) is 5.75 Å². The highest BCUT2D eigenvalue weighted by Gasteiger charge is 2.25. The van der Waals surface area contributed by atoms with Crippen molar-refractivity contribution in [2.24, 2.45) is 0 Å². The number of halogens is 1. The third-order valence-corrected chi connectivity index (χ3v) is 4.19. The van der Waals surface area contributed by atoms with Gasteiger partial charge >= 0.3 is 0 Å². The Morgan fingerprint density at radius 1 is 1.21 bits per heavy atom. The van der Waals surface area contributed by atoms with Crippen molar-refractivity contribution in [2.45, 2.75) is 44.7 Å². The maximum atomic E-state index is 12.3. The number of carbonyl (C=O) groups excluding carboxylic acids is 1. The molecule has 28 heavy (non-hydrogen) atoms. The van der Waals surface area contributed by atoms with E-state index >= 15 is 0 Å². The summed E-state index contributed by atoms with van der Waals surface area (Å²) in [7, 11) is 0. The zero-order valence-electron chi connectivity index (χ0n) is 15.6. The number of hydrogen-bond donors (Lipinski definition) is 6. The maximum Gasteiger partial charge on any atom is 0.228 e. The number of rotatable bonds is 8. The predicted octanol–water partition coefficient (Wildman–Crippen LogP) is 1.68. The third kappa shape index (κ3) is 6.74. The average Bonchev–Trinajstić information content (AvgIpc) is 2.56. The van der Waals surface area contributed by atoms with E-state index < -0.39 is 18.1 Å². The van der Waals surface area contributed by atoms with Crippen molar-refractivity contribution >= 4 is 23.2 Å². The number of pyridine rings is 1. The first kappa shape index (κ1) is 22.1. The zero-order chi connectivity index (χ0) is 20.9. The summed E-state index contributed by atoms with van der Waals surface area (Å²) in [6.45, 7) is 3.41. The summed E-state index contributed by atoms with van der Waals surface area (Å²) in [5, 5.41) is 44.3. The third-order valence-electron chi connectivity index (χ3n) is 3.96. The molecule has 0 aliphatic heterocycles. The van der Waals surface area contributed by atoms with E-state index in [2.05, 4.69) is 15.6 Å². The first-order chi connectivity index (χ1) is 13.1. The van der Waals surface area contributed by atoms with E-state index in [1.807, 2.05) is 0 Å². The van der Waals surface area contributed by atoms with Crippen LogP contribution in [0.1, 0.15) is 37.8 Å². The van der Waals surface area contributed by atoms with Gasteiger partial charge in [0.25, 0.3) is 0 Å². The average molecular weight is 410 g/mol. The number of nitrogens with zero attached hydrogens (tertiary/aromatic N) is 1. The van der Waals surface area contributed by atoms with Crippen LogP contribution in [0.4, 0.5) is 5.69 Å². The molecule has 1 aromatic heterocycles. The van der Waals surface area contributed by atoms with Crippen LogP contribution < -0.4 is 10.6 Å². The molecular formula is C19H24ClN3O5. The van der Waals surface area contributed by atoms with Gasteiger partial charge in [-0.2, -0.15) is 0 Å². The Morgan fingerprint density at radius 3 is 2.61 bits per heavy atom. The number of aliphatic hydroxyl groups is 3. The summed E-state index contributed by atoms with van der Waals surface area (Å²) in [6, 6.07) is 7.52. The van der Waals surface area contributed by atoms with E-state index in [1.54, 1.807) is 19.9 Å². The van der Waals surface area contributed by atoms with Gasteiger partial charge in [0.05, 0.1) is 12.1 Å². The fourth-order valence-corrected chi connectivity index (χ4v) is 2.90. The minimum atomic E-state index is -1.52. The molecule has 8 nitrogen and oxygen atoms in total. The van der Waals surface area contributed by atoms with Crippen molar-refractivity contribution < 1.29 is 25.2 Å². The molecule has 0 aliphatic rings. The van der Waals surface area contributed by atoms with Crippen LogP contribution in [0.15, 0.2) is 36.5 Å². The number of aliphatic hydroxyl groups excluding tert-OH is 2. The quantitative estimate of drug-likeness (QED) is 0.365. The van der Waals surface area contributed by atoms with Gasteiger partial charge in [-0.15, -0.1) is 0 Å². The van der Waals surface area contributed by atoms with Crippen LogP contribution in [0.5, 0.6) is 5.75 Å². The number of phenols is 1. The molecule has 0 saturated carbocycles. The number of aromatic nitrogens is 1. The molecule has 9 heteroatoms. The molecule has 152 valence electrons. The van der Waals surface area contributed by atoms with E-state index in [1.165, 1.54) is 30.5 Å². The Balaban J connectivity index is 2.04. The maximum absolute atomic E-state index is 12.3. The van der Waals surface area contributed by atoms with Gasteiger partial charge in [-0.1, -0.05) is 11.6 Å². The van der Waals surface area contributed by atoms with Crippen LogP contribution in [-0.4, -0.2) is 43.1 Å². The van der Waals surface area contributed by atoms with Crippen LogP contribution in [-0.2, 0) is 11.2 Å². The molecule has 2 aromatic rings. The molecule has 0 bridgehead atoms. The second-order valence-corrected chi connectivity index (χ2v) is 7.52. The number of benzene rings is 1. The largest absolute Gasteiger partial charge is 0.508 e. The Hall–Kier alpha value is -2.23. The first-order valence-electron chi connectivity index (χ1n) is 8.61. The predicted molar refractivity (Wildman–Crippen MR) is 105 cm³/mol. The second kappa shape index (κ2) is 9.31. The second-order valence-electron chi connectivity index (χ2n) is 7.08. The number of anilines is 1. The molecule has 1 heterocycles. The summed E-state index contributed by atoms with van der Waals surface area (Å²) >= 11 is 5.88. The van der Waals surface area contributed by atoms with E-state index in [0.717, 1.165) is 0 Å². The lowest BCUT2D eigenvalue weighted by molar-refractivity contribution is -0.115. The summed E-state index contributed by atoms with van der Waals surface area (Å²) in [5.41, 5.74) is 0.296. The molecule has 0 saturated heterocycles. The van der Waals surface area contributed by atoms with Crippen LogP contribution in [0.3, 0.4) is 0 Å². The Morgan fingerprint density at radius 2 is 1.93 bits per heavy atom. The van der Waals surface area contributed by atoms with E-state index in [0.29, 0.717) is 16.3 Å². The van der Waals surface area contributed by atoms with E-state index in [4.69, 9.17) is 21.8 Å². The molecule has 1 atom stereocenters. The number of phenolic OH excluding ortho intramolecular Hbond substituents is 1. The van der Waals surface area contributed by atoms with Crippen LogP contribution in [0.2, 0.25) is 5.02 Å². The molecule has 0 spiro atoms. The summed E-state index contributed by atoms with van der Waals surface area (Å²) in [4.78, 5) is 16.3. The van der Waals surface area contributed by atoms with Gasteiger partial charge in [-0.25, -0.2) is 0 Å². The lowest BCUT2D eigenvalue weighted by atomic mass is 10.00. The highest BCUT2D eigenvalue weighted by Crippen LogP contribution is 2.23. The van der Waals surface area contributed by atoms with Gasteiger partial charge < -0.3 is 25.7 Å². The number of nitrogens with one attached hydrogen (secondary N) is 2. The SMILES string of the molecule is CC(C)(CC(O)O)NC(O)c1cc(NC(=O)Cc2cc(Cl)ccc2O)ccn1. The molecule has 0 radical (unpaired) electrons. The molecule has 6 N–H and O–H groups in total. The lowest BCUT2D eigenvalue weighted by Crippen LogP contribution is -2.44. The van der Waals surface area contributed by atoms with E-state index in [-0.39, 0.29) is 30.2 Å². The Labute approximate surface area is 167 Å². The first-order valence-corrected chi connectivity index (χ1v) is 8.98. The molecular weight excluding hydrogens is 386 g/mol. The standard InChI is InChI=1S/C19H24ClN3O5/c1-19(2,10-17(26)27)23-18(28)14-9-13(5-6-21-14)22-16(25)8-11-7-12(20)3-4-15(11)24/h3-7,9,17-18,23-24,26-28H,8,10H2,1-2H3,(H,21,22,25). The zero-order valence-corrected chi connectivity index (χ0v) is 16.3. The monoisotopic (exact) mass is 409 g/mol. The highest BCUT2D eigenvalue weighted by atomic mass is 35.5. The van der Waals surface area contributed by atoms with Gasteiger partial charge in [-0.05, 0) is 44.2 Å². The molecule has 1 amide bonds. The fourth-order valence-electron chi connectivity index (χ4n) is 2.71. The summed E-state index contributed by atoms with van der Waals surface area (Å²) in [6.07, 6.45) is -1.34. The van der Waals surface area contributed by atoms with E-state index in [9.17, 15) is 15.0 Å². The van der Waals surface area contributed by atoms with Gasteiger partial charge in [0.1, 0.15) is 12.0 Å². The number of aromatic hydroxyl groups is 1. The molecule has 2 rings (SSSR count). The topological polar surface area (TPSA) is 135 Å². The molecule has 0 fully saturated rings. The van der Waals surface area contributed by atoms with Crippen molar-refractivity contribution in [1.29, 1.82) is 0 Å². The lowest BCUT2D eigenvalue weighted by Gasteiger charge is -2.30. The molecule has 1 aromatic carbocycles. The minimum Gasteiger partial charge on any atom is -0.508 e. The highest BCUT2D eigenvalue weighted by molar-refractivity contribution is 6.30. The van der Waals surface area contributed by atoms with Gasteiger partial charge in [0.15, 0.2) is 6.29 Å². The van der Waals surface area contributed by atoms with Crippen LogP contribution in [0, 0.1) is 0 Å². The van der Waals surface area contributed by atoms with Crippen LogP contribution >= 0.6 is 11.6 Å². The Bertz CT molecular complexity index is 829. The minimum absolute atomic E-state index is 0.00359. The number of hydrogen-bond acceptors (Lipinski definition) is 7.